The topological polar surface area (TPSA) is 20.1 Å². The fraction of sp³-hybridized carbons (Fsp3) is 0.857. The Hall–Kier alpha value is -0.530. The molecule has 0 radical (unpaired) electrons. The minimum Gasteiger partial charge on any atom is -0.339 e. The van der Waals surface area contributed by atoms with E-state index in [-0.39, 0.29) is 11.3 Å². The first kappa shape index (κ1) is 6.59. The van der Waals surface area contributed by atoms with E-state index in [0.717, 1.165) is 13.1 Å². The van der Waals surface area contributed by atoms with Gasteiger partial charge in [-0.15, -0.1) is 0 Å². The molecule has 0 aromatic rings. The molecule has 1 amide bonds. The van der Waals surface area contributed by atoms with E-state index >= 15 is 0 Å². The zero-order valence-corrected chi connectivity index (χ0v) is 6.27. The van der Waals surface area contributed by atoms with Crippen LogP contribution < -0.4 is 0 Å². The normalized spacial score (nSPS) is 17.9. The number of nitrogens with zero attached hydrogens (tertiary/aromatic N) is 1. The van der Waals surface area contributed by atoms with Gasteiger partial charge in [0.1, 0.15) is 0 Å². The fourth-order valence-electron chi connectivity index (χ4n) is 0.727. The highest BCUT2D eigenvalue weighted by atomic mass is 16.2. The molecule has 2 heteroatoms. The molecule has 0 aromatic heterocycles. The predicted octanol–water partition coefficient (Wildman–Crippen LogP) is 0.875. The van der Waals surface area contributed by atoms with Gasteiger partial charge in [-0.25, -0.2) is 0 Å². The lowest BCUT2D eigenvalue weighted by atomic mass is 9.96. The molecule has 9 heavy (non-hydrogen) atoms. The Bertz CT molecular complexity index is 130. The number of hydrogen-bond donors (Lipinski definition) is 0. The summed E-state index contributed by atoms with van der Waals surface area (Å²) in [5.74, 6) is 0.280. The predicted molar refractivity (Wildman–Crippen MR) is 36.0 cm³/mol. The summed E-state index contributed by atoms with van der Waals surface area (Å²) in [6.45, 7) is 7.79. The monoisotopic (exact) mass is 127 g/mol. The highest BCUT2D eigenvalue weighted by Gasteiger charge is 2.32. The van der Waals surface area contributed by atoms with Gasteiger partial charge in [-0.05, 0) is 0 Å². The van der Waals surface area contributed by atoms with Crippen molar-refractivity contribution in [2.24, 2.45) is 5.41 Å². The van der Waals surface area contributed by atoms with Crippen molar-refractivity contribution in [3.05, 3.63) is 0 Å². The molecular formula is C7H13NO. The van der Waals surface area contributed by atoms with E-state index in [2.05, 4.69) is 0 Å². The summed E-state index contributed by atoms with van der Waals surface area (Å²) < 4.78 is 0. The second-order valence-corrected chi connectivity index (χ2v) is 3.54. The Morgan fingerprint density at radius 3 is 1.89 bits per heavy atom. The van der Waals surface area contributed by atoms with E-state index in [4.69, 9.17) is 0 Å². The summed E-state index contributed by atoms with van der Waals surface area (Å²) in [4.78, 5) is 13.0. The van der Waals surface area contributed by atoms with Crippen LogP contribution in [0.25, 0.3) is 0 Å². The molecule has 0 atom stereocenters. The first-order chi connectivity index (χ1) is 4.02. The van der Waals surface area contributed by atoms with Crippen molar-refractivity contribution in [2.75, 3.05) is 13.1 Å². The number of hydrogen-bond acceptors (Lipinski definition) is 1. The SMILES string of the molecule is CC(C)(C)C(=O)N1CC1. The third-order valence-corrected chi connectivity index (χ3v) is 1.38. The average molecular weight is 127 g/mol. The van der Waals surface area contributed by atoms with Crippen LogP contribution in [0, 0.1) is 5.41 Å². The third-order valence-electron chi connectivity index (χ3n) is 1.38. The van der Waals surface area contributed by atoms with Crippen LogP contribution in [0.5, 0.6) is 0 Å². The minimum absolute atomic E-state index is 0.170. The first-order valence-corrected chi connectivity index (χ1v) is 3.31. The van der Waals surface area contributed by atoms with Crippen LogP contribution in [0.15, 0.2) is 0 Å². The quantitative estimate of drug-likeness (QED) is 0.442. The van der Waals surface area contributed by atoms with Gasteiger partial charge >= 0.3 is 0 Å². The molecule has 1 aliphatic heterocycles. The minimum atomic E-state index is -0.170. The smallest absolute Gasteiger partial charge is 0.228 e. The molecule has 1 rings (SSSR count). The molecule has 0 N–H and O–H groups in total. The number of rotatable bonds is 0. The zero-order valence-electron chi connectivity index (χ0n) is 6.27. The summed E-state index contributed by atoms with van der Waals surface area (Å²) >= 11 is 0. The molecule has 52 valence electrons. The van der Waals surface area contributed by atoms with E-state index in [1.165, 1.54) is 0 Å². The van der Waals surface area contributed by atoms with Gasteiger partial charge in [0.25, 0.3) is 0 Å². The number of carbonyl (C=O) groups is 1. The molecule has 0 aliphatic carbocycles. The van der Waals surface area contributed by atoms with Crippen molar-refractivity contribution >= 4 is 5.91 Å². The van der Waals surface area contributed by atoms with Gasteiger partial charge in [0.05, 0.1) is 0 Å². The maximum Gasteiger partial charge on any atom is 0.228 e. The lowest BCUT2D eigenvalue weighted by Crippen LogP contribution is -2.26. The van der Waals surface area contributed by atoms with Gasteiger partial charge < -0.3 is 4.90 Å². The molecular weight excluding hydrogens is 114 g/mol. The summed E-state index contributed by atoms with van der Waals surface area (Å²) in [6.07, 6.45) is 0. The van der Waals surface area contributed by atoms with Crippen LogP contribution in [0.3, 0.4) is 0 Å². The second kappa shape index (κ2) is 1.72. The summed E-state index contributed by atoms with van der Waals surface area (Å²) in [6, 6.07) is 0. The van der Waals surface area contributed by atoms with Crippen molar-refractivity contribution in [2.45, 2.75) is 20.8 Å². The van der Waals surface area contributed by atoms with E-state index in [0.29, 0.717) is 0 Å². The van der Waals surface area contributed by atoms with E-state index in [1.807, 2.05) is 25.7 Å². The summed E-state index contributed by atoms with van der Waals surface area (Å²) in [5, 5.41) is 0. The van der Waals surface area contributed by atoms with Gasteiger partial charge in [0, 0.05) is 18.5 Å². The summed E-state index contributed by atoms with van der Waals surface area (Å²) in [7, 11) is 0. The summed E-state index contributed by atoms with van der Waals surface area (Å²) in [5.41, 5.74) is -0.170. The van der Waals surface area contributed by atoms with Gasteiger partial charge in [0.15, 0.2) is 0 Å². The molecule has 0 saturated carbocycles. The van der Waals surface area contributed by atoms with Crippen molar-refractivity contribution in [3.63, 3.8) is 0 Å². The Kier molecular flexibility index (Phi) is 1.26. The Labute approximate surface area is 55.8 Å². The maximum atomic E-state index is 11.2. The third kappa shape index (κ3) is 1.44. The first-order valence-electron chi connectivity index (χ1n) is 3.31. The lowest BCUT2D eigenvalue weighted by molar-refractivity contribution is -0.133. The van der Waals surface area contributed by atoms with Gasteiger partial charge in [-0.2, -0.15) is 0 Å². The number of carbonyl (C=O) groups excluding carboxylic acids is 1. The van der Waals surface area contributed by atoms with Crippen LogP contribution in [0.2, 0.25) is 0 Å². The molecule has 2 nitrogen and oxygen atoms in total. The Morgan fingerprint density at radius 2 is 1.78 bits per heavy atom. The molecule has 1 saturated heterocycles. The average Bonchev–Trinajstić information content (AvgIpc) is 2.40. The van der Waals surface area contributed by atoms with E-state index < -0.39 is 0 Å². The highest BCUT2D eigenvalue weighted by molar-refractivity contribution is 5.83. The van der Waals surface area contributed by atoms with Crippen LogP contribution in [0.1, 0.15) is 20.8 Å². The highest BCUT2D eigenvalue weighted by Crippen LogP contribution is 2.20. The molecule has 1 fully saturated rings. The van der Waals surface area contributed by atoms with Gasteiger partial charge in [-0.3, -0.25) is 4.79 Å². The Morgan fingerprint density at radius 1 is 1.33 bits per heavy atom. The molecule has 1 heterocycles. The fourth-order valence-corrected chi connectivity index (χ4v) is 0.727. The van der Waals surface area contributed by atoms with Gasteiger partial charge in [0.2, 0.25) is 5.91 Å². The molecule has 0 unspecified atom stereocenters. The molecule has 0 bridgehead atoms. The Balaban J connectivity index is 2.50. The lowest BCUT2D eigenvalue weighted by Gasteiger charge is -2.16. The molecule has 1 aliphatic rings. The largest absolute Gasteiger partial charge is 0.339 e. The second-order valence-electron chi connectivity index (χ2n) is 3.54. The van der Waals surface area contributed by atoms with Crippen LogP contribution in [0.4, 0.5) is 0 Å². The zero-order chi connectivity index (χ0) is 7.07. The van der Waals surface area contributed by atoms with Gasteiger partial charge in [-0.1, -0.05) is 20.8 Å². The van der Waals surface area contributed by atoms with Crippen molar-refractivity contribution in [3.8, 4) is 0 Å². The standard InChI is InChI=1S/C7H13NO/c1-7(2,3)6(9)8-4-5-8/h4-5H2,1-3H3. The molecule has 0 spiro atoms. The van der Waals surface area contributed by atoms with Crippen LogP contribution in [-0.4, -0.2) is 23.9 Å². The number of amides is 1. The van der Waals surface area contributed by atoms with E-state index in [1.54, 1.807) is 0 Å². The van der Waals surface area contributed by atoms with Crippen LogP contribution in [-0.2, 0) is 4.79 Å². The van der Waals surface area contributed by atoms with E-state index in [9.17, 15) is 4.79 Å². The van der Waals surface area contributed by atoms with Crippen molar-refractivity contribution in [1.82, 2.24) is 4.90 Å². The van der Waals surface area contributed by atoms with Crippen molar-refractivity contribution < 1.29 is 4.79 Å². The van der Waals surface area contributed by atoms with Crippen LogP contribution >= 0.6 is 0 Å². The maximum absolute atomic E-state index is 11.2. The van der Waals surface area contributed by atoms with Crippen molar-refractivity contribution in [1.29, 1.82) is 0 Å². The molecule has 0 aromatic carbocycles.